The van der Waals surface area contributed by atoms with E-state index < -0.39 is 0 Å². The molecule has 0 N–H and O–H groups in total. The quantitative estimate of drug-likeness (QED) is 0.524. The molecular formula is C21H19N3O. The fourth-order valence-electron chi connectivity index (χ4n) is 3.11. The van der Waals surface area contributed by atoms with Crippen LogP contribution < -0.4 is 10.3 Å². The number of nitrogens with zero attached hydrogens (tertiary/aromatic N) is 3. The Morgan fingerprint density at radius 1 is 0.960 bits per heavy atom. The van der Waals surface area contributed by atoms with Gasteiger partial charge in [0.2, 0.25) is 0 Å². The maximum absolute atomic E-state index is 12.3. The van der Waals surface area contributed by atoms with Gasteiger partial charge in [0, 0.05) is 31.5 Å². The van der Waals surface area contributed by atoms with Gasteiger partial charge in [0.1, 0.15) is 0 Å². The highest BCUT2D eigenvalue weighted by Gasteiger charge is 2.16. The van der Waals surface area contributed by atoms with E-state index >= 15 is 0 Å². The molecule has 4 nitrogen and oxygen atoms in total. The first kappa shape index (κ1) is 15.4. The Labute approximate surface area is 146 Å². The van der Waals surface area contributed by atoms with Gasteiger partial charge in [-0.3, -0.25) is 4.79 Å². The molecule has 0 fully saturated rings. The first-order valence-electron chi connectivity index (χ1n) is 8.24. The van der Waals surface area contributed by atoms with Gasteiger partial charge in [0.15, 0.2) is 5.43 Å². The number of rotatable bonds is 2. The van der Waals surface area contributed by atoms with Gasteiger partial charge in [-0.1, -0.05) is 18.2 Å². The molecule has 4 heteroatoms. The van der Waals surface area contributed by atoms with Crippen LogP contribution in [0.25, 0.3) is 28.1 Å². The lowest BCUT2D eigenvalue weighted by atomic mass is 10.1. The Kier molecular flexibility index (Phi) is 3.53. The number of para-hydroxylation sites is 1. The first-order chi connectivity index (χ1) is 12.0. The zero-order valence-electron chi connectivity index (χ0n) is 14.5. The van der Waals surface area contributed by atoms with Gasteiger partial charge in [-0.05, 0) is 48.9 Å². The lowest BCUT2D eigenvalue weighted by molar-refractivity contribution is 1.07. The van der Waals surface area contributed by atoms with E-state index in [0.29, 0.717) is 5.56 Å². The van der Waals surface area contributed by atoms with Crippen molar-refractivity contribution in [3.05, 3.63) is 76.5 Å². The Hall–Kier alpha value is -3.14. The van der Waals surface area contributed by atoms with Crippen LogP contribution in [0.3, 0.4) is 0 Å². The minimum atomic E-state index is 0.0297. The maximum Gasteiger partial charge on any atom is 0.183 e. The third-order valence-electron chi connectivity index (χ3n) is 4.48. The molecule has 2 aromatic rings. The Bertz CT molecular complexity index is 1100. The van der Waals surface area contributed by atoms with E-state index in [2.05, 4.69) is 21.6 Å². The fraction of sp³-hybridized carbons (Fsp3) is 0.143. The molecule has 124 valence electrons. The number of aromatic nitrogens is 2. The highest BCUT2D eigenvalue weighted by Crippen LogP contribution is 2.30. The van der Waals surface area contributed by atoms with Crippen molar-refractivity contribution in [2.75, 3.05) is 19.0 Å². The molecule has 0 unspecified atom stereocenters. The number of aryl methyl sites for hydroxylation is 1. The van der Waals surface area contributed by atoms with Crippen LogP contribution in [0.4, 0.5) is 5.69 Å². The number of benzene rings is 3. The molecule has 2 aliphatic rings. The van der Waals surface area contributed by atoms with Crippen LogP contribution >= 0.6 is 0 Å². The van der Waals surface area contributed by atoms with Crippen molar-refractivity contribution in [1.82, 2.24) is 9.55 Å². The zero-order valence-corrected chi connectivity index (χ0v) is 14.5. The summed E-state index contributed by atoms with van der Waals surface area (Å²) in [7, 11) is 4.03. The molecular weight excluding hydrogens is 310 g/mol. The van der Waals surface area contributed by atoms with Crippen LogP contribution in [-0.2, 0) is 0 Å². The van der Waals surface area contributed by atoms with E-state index in [-0.39, 0.29) is 5.43 Å². The van der Waals surface area contributed by atoms with E-state index in [0.717, 1.165) is 33.8 Å². The van der Waals surface area contributed by atoms with Crippen LogP contribution in [0.1, 0.15) is 5.56 Å². The lowest BCUT2D eigenvalue weighted by Gasteiger charge is -2.21. The second-order valence-corrected chi connectivity index (χ2v) is 6.46. The van der Waals surface area contributed by atoms with E-state index in [4.69, 9.17) is 4.98 Å². The number of anilines is 1. The number of fused-ring (bicyclic) bond motifs is 2. The summed E-state index contributed by atoms with van der Waals surface area (Å²) in [4.78, 5) is 19.1. The monoisotopic (exact) mass is 329 g/mol. The molecule has 0 spiro atoms. The molecule has 0 saturated carbocycles. The predicted octanol–water partition coefficient (Wildman–Crippen LogP) is 3.86. The highest BCUT2D eigenvalue weighted by atomic mass is 16.1. The molecule has 0 amide bonds. The van der Waals surface area contributed by atoms with Crippen molar-refractivity contribution in [3.8, 4) is 17.1 Å². The Morgan fingerprint density at radius 2 is 1.72 bits per heavy atom. The van der Waals surface area contributed by atoms with Gasteiger partial charge < -0.3 is 9.47 Å². The molecule has 1 heterocycles. The van der Waals surface area contributed by atoms with Gasteiger partial charge >= 0.3 is 0 Å². The molecule has 0 bridgehead atoms. The molecule has 4 rings (SSSR count). The number of hydrogen-bond acceptors (Lipinski definition) is 3. The summed E-state index contributed by atoms with van der Waals surface area (Å²) in [6.45, 7) is 1.83. The fourth-order valence-corrected chi connectivity index (χ4v) is 3.11. The minimum Gasteiger partial charge on any atom is -0.378 e. The Balaban J connectivity index is 2.20. The second-order valence-electron chi connectivity index (χ2n) is 6.46. The second kappa shape index (κ2) is 5.74. The summed E-state index contributed by atoms with van der Waals surface area (Å²) in [6, 6.07) is 19.9. The maximum atomic E-state index is 12.3. The van der Waals surface area contributed by atoms with E-state index in [1.54, 1.807) is 6.07 Å². The summed E-state index contributed by atoms with van der Waals surface area (Å²) in [5.74, 6) is 0. The molecule has 25 heavy (non-hydrogen) atoms. The summed E-state index contributed by atoms with van der Waals surface area (Å²) in [5.41, 5.74) is 6.38. The zero-order chi connectivity index (χ0) is 17.6. The van der Waals surface area contributed by atoms with Crippen molar-refractivity contribution >= 4 is 16.7 Å². The van der Waals surface area contributed by atoms with Crippen LogP contribution in [0.15, 0.2) is 65.5 Å². The SMILES string of the molecule is Cc1cc2nc3ccc(N(C)C)cc3n(-c3ccccc3)c-2cc1=O. The van der Waals surface area contributed by atoms with E-state index in [9.17, 15) is 4.79 Å². The molecule has 2 aromatic carbocycles. The third-order valence-corrected chi connectivity index (χ3v) is 4.48. The molecule has 1 aliphatic heterocycles. The van der Waals surface area contributed by atoms with Crippen molar-refractivity contribution in [2.45, 2.75) is 6.92 Å². The minimum absolute atomic E-state index is 0.0297. The first-order valence-corrected chi connectivity index (χ1v) is 8.24. The van der Waals surface area contributed by atoms with Crippen molar-refractivity contribution < 1.29 is 0 Å². The molecule has 0 radical (unpaired) electrons. The van der Waals surface area contributed by atoms with Gasteiger partial charge in [0.25, 0.3) is 0 Å². The molecule has 0 aromatic heterocycles. The molecule has 0 atom stereocenters. The Morgan fingerprint density at radius 3 is 2.44 bits per heavy atom. The smallest absolute Gasteiger partial charge is 0.183 e. The average Bonchev–Trinajstić information content (AvgIpc) is 2.61. The average molecular weight is 329 g/mol. The largest absolute Gasteiger partial charge is 0.378 e. The topological polar surface area (TPSA) is 38.1 Å². The number of hydrogen-bond donors (Lipinski definition) is 0. The standard InChI is InChI=1S/C21H19N3O/c1-14-11-18-20(13-21(14)25)24(15-7-5-4-6-8-15)19-12-16(23(2)3)9-10-17(19)22-18/h4-13H,1-3H3. The van der Waals surface area contributed by atoms with Gasteiger partial charge in [-0.25, -0.2) is 4.98 Å². The molecule has 1 aliphatic carbocycles. The van der Waals surface area contributed by atoms with E-state index in [1.165, 1.54) is 0 Å². The third kappa shape index (κ3) is 2.56. The summed E-state index contributed by atoms with van der Waals surface area (Å²) >= 11 is 0. The predicted molar refractivity (Wildman–Crippen MR) is 103 cm³/mol. The van der Waals surface area contributed by atoms with Gasteiger partial charge in [-0.2, -0.15) is 0 Å². The summed E-state index contributed by atoms with van der Waals surface area (Å²) in [5, 5.41) is 0. The highest BCUT2D eigenvalue weighted by molar-refractivity contribution is 5.86. The van der Waals surface area contributed by atoms with Crippen LogP contribution in [0.5, 0.6) is 0 Å². The van der Waals surface area contributed by atoms with Crippen molar-refractivity contribution in [3.63, 3.8) is 0 Å². The summed E-state index contributed by atoms with van der Waals surface area (Å²) < 4.78 is 2.12. The van der Waals surface area contributed by atoms with Gasteiger partial charge in [-0.15, -0.1) is 0 Å². The summed E-state index contributed by atoms with van der Waals surface area (Å²) in [6.07, 6.45) is 0. The molecule has 0 saturated heterocycles. The van der Waals surface area contributed by atoms with Crippen molar-refractivity contribution in [2.24, 2.45) is 0 Å². The van der Waals surface area contributed by atoms with Crippen LogP contribution in [0, 0.1) is 6.92 Å². The van der Waals surface area contributed by atoms with Crippen LogP contribution in [-0.4, -0.2) is 23.6 Å². The van der Waals surface area contributed by atoms with Gasteiger partial charge in [0.05, 0.1) is 22.4 Å². The van der Waals surface area contributed by atoms with Crippen molar-refractivity contribution in [1.29, 1.82) is 0 Å². The van der Waals surface area contributed by atoms with Crippen LogP contribution in [0.2, 0.25) is 0 Å². The normalized spacial score (nSPS) is 11.2. The lowest BCUT2D eigenvalue weighted by Crippen LogP contribution is -2.13. The van der Waals surface area contributed by atoms with E-state index in [1.807, 2.05) is 63.5 Å².